The van der Waals surface area contributed by atoms with Crippen molar-refractivity contribution in [3.8, 4) is 11.1 Å². The van der Waals surface area contributed by atoms with Crippen LogP contribution in [0.5, 0.6) is 0 Å². The molecular weight excluding hydrogens is 526 g/mol. The van der Waals surface area contributed by atoms with Crippen molar-refractivity contribution in [2.45, 2.75) is 17.4 Å². The van der Waals surface area contributed by atoms with Gasteiger partial charge < -0.3 is 15.7 Å². The zero-order chi connectivity index (χ0) is 27.1. The van der Waals surface area contributed by atoms with Crippen molar-refractivity contribution in [2.24, 2.45) is 0 Å². The van der Waals surface area contributed by atoms with Crippen LogP contribution in [0.15, 0.2) is 108 Å². The molecule has 4 aromatic carbocycles. The van der Waals surface area contributed by atoms with Crippen molar-refractivity contribution in [1.29, 1.82) is 0 Å². The summed E-state index contributed by atoms with van der Waals surface area (Å²) in [6.45, 7) is 0. The maximum absolute atomic E-state index is 12.7. The van der Waals surface area contributed by atoms with E-state index < -0.39 is 22.0 Å². The second-order valence-corrected chi connectivity index (χ2v) is 10.5. The molecule has 0 fully saturated rings. The number of benzene rings is 4. The fourth-order valence-electron chi connectivity index (χ4n) is 3.73. The lowest BCUT2D eigenvalue weighted by molar-refractivity contribution is -0.138. The number of carbonyl (C=O) groups is 2. The average Bonchev–Trinajstić information content (AvgIpc) is 2.89. The molecule has 0 spiro atoms. The predicted molar refractivity (Wildman–Crippen MR) is 148 cm³/mol. The first kappa shape index (κ1) is 26.9. The monoisotopic (exact) mass is 549 g/mol. The third kappa shape index (κ3) is 7.19. The van der Waals surface area contributed by atoms with Gasteiger partial charge in [0, 0.05) is 16.4 Å². The van der Waals surface area contributed by atoms with E-state index in [2.05, 4.69) is 15.4 Å². The summed E-state index contributed by atoms with van der Waals surface area (Å²) in [5.74, 6) is -1.30. The number of carbonyl (C=O) groups excluding carboxylic acids is 1. The number of rotatable bonds is 9. The average molecular weight is 550 g/mol. The zero-order valence-corrected chi connectivity index (χ0v) is 21.5. The highest BCUT2D eigenvalue weighted by Crippen LogP contribution is 2.24. The molecule has 1 atom stereocenters. The smallest absolute Gasteiger partial charge is 0.323 e. The molecule has 0 aliphatic heterocycles. The van der Waals surface area contributed by atoms with Gasteiger partial charge in [-0.15, -0.1) is 0 Å². The molecule has 2 amide bonds. The summed E-state index contributed by atoms with van der Waals surface area (Å²) < 4.78 is 27.6. The summed E-state index contributed by atoms with van der Waals surface area (Å²) in [5.41, 5.74) is 3.58. The Kier molecular flexibility index (Phi) is 8.42. The number of carboxylic acids is 1. The van der Waals surface area contributed by atoms with E-state index in [0.29, 0.717) is 16.9 Å². The fourth-order valence-corrected chi connectivity index (χ4v) is 5.22. The molecule has 0 heterocycles. The third-order valence-corrected chi connectivity index (χ3v) is 7.29. The van der Waals surface area contributed by atoms with Gasteiger partial charge in [0.25, 0.3) is 0 Å². The zero-order valence-electron chi connectivity index (χ0n) is 20.0. The van der Waals surface area contributed by atoms with Gasteiger partial charge in [0.05, 0.1) is 4.90 Å². The largest absolute Gasteiger partial charge is 0.480 e. The number of urea groups is 1. The minimum Gasteiger partial charge on any atom is -0.480 e. The van der Waals surface area contributed by atoms with Crippen molar-refractivity contribution < 1.29 is 23.1 Å². The van der Waals surface area contributed by atoms with Gasteiger partial charge >= 0.3 is 12.0 Å². The van der Waals surface area contributed by atoms with E-state index in [0.717, 1.165) is 11.1 Å². The van der Waals surface area contributed by atoms with Crippen molar-refractivity contribution in [3.63, 3.8) is 0 Å². The SMILES string of the molecule is O=C(Nc1ccccc1)Nc1cccc(-c2ccc(CC(NS(=O)(=O)c3cccc(Cl)c3)C(=O)O)cc2)c1. The van der Waals surface area contributed by atoms with Gasteiger partial charge in [0.2, 0.25) is 10.0 Å². The first-order valence-electron chi connectivity index (χ1n) is 11.5. The molecule has 4 N–H and O–H groups in total. The summed E-state index contributed by atoms with van der Waals surface area (Å²) in [4.78, 5) is 24.0. The van der Waals surface area contributed by atoms with Crippen LogP contribution >= 0.6 is 11.6 Å². The van der Waals surface area contributed by atoms with Crippen LogP contribution < -0.4 is 15.4 Å². The first-order valence-corrected chi connectivity index (χ1v) is 13.4. The van der Waals surface area contributed by atoms with Gasteiger partial charge in [0.15, 0.2) is 0 Å². The van der Waals surface area contributed by atoms with Crippen LogP contribution in [0.25, 0.3) is 11.1 Å². The van der Waals surface area contributed by atoms with E-state index in [1.807, 2.05) is 48.5 Å². The highest BCUT2D eigenvalue weighted by Gasteiger charge is 2.26. The van der Waals surface area contributed by atoms with Gasteiger partial charge in [-0.1, -0.05) is 72.3 Å². The molecule has 1 unspecified atom stereocenters. The number of para-hydroxylation sites is 1. The highest BCUT2D eigenvalue weighted by atomic mass is 35.5. The molecule has 38 heavy (non-hydrogen) atoms. The molecule has 8 nitrogen and oxygen atoms in total. The molecule has 4 rings (SSSR count). The van der Waals surface area contributed by atoms with Crippen LogP contribution in [-0.4, -0.2) is 31.6 Å². The quantitative estimate of drug-likeness (QED) is 0.215. The van der Waals surface area contributed by atoms with Crippen LogP contribution in [0.4, 0.5) is 16.2 Å². The Morgan fingerprint density at radius 3 is 2.11 bits per heavy atom. The Balaban J connectivity index is 1.43. The van der Waals surface area contributed by atoms with Gasteiger partial charge in [-0.2, -0.15) is 4.72 Å². The summed E-state index contributed by atoms with van der Waals surface area (Å²) in [6, 6.07) is 27.3. The van der Waals surface area contributed by atoms with E-state index in [-0.39, 0.29) is 22.4 Å². The van der Waals surface area contributed by atoms with E-state index in [1.54, 1.807) is 30.3 Å². The molecule has 0 aromatic heterocycles. The van der Waals surface area contributed by atoms with Crippen LogP contribution in [0.2, 0.25) is 5.02 Å². The molecule has 10 heteroatoms. The van der Waals surface area contributed by atoms with E-state index >= 15 is 0 Å². The van der Waals surface area contributed by atoms with Crippen molar-refractivity contribution >= 4 is 45.0 Å². The number of hydrogen-bond donors (Lipinski definition) is 4. The third-order valence-electron chi connectivity index (χ3n) is 5.58. The minimum absolute atomic E-state index is 0.0589. The molecule has 0 aliphatic carbocycles. The number of aliphatic carboxylic acids is 1. The molecule has 0 aliphatic rings. The maximum Gasteiger partial charge on any atom is 0.323 e. The lowest BCUT2D eigenvalue weighted by atomic mass is 10.0. The van der Waals surface area contributed by atoms with Crippen molar-refractivity contribution in [3.05, 3.63) is 114 Å². The van der Waals surface area contributed by atoms with Gasteiger partial charge in [0.1, 0.15) is 6.04 Å². The lowest BCUT2D eigenvalue weighted by Crippen LogP contribution is -2.42. The fraction of sp³-hybridized carbons (Fsp3) is 0.0714. The van der Waals surface area contributed by atoms with Crippen molar-refractivity contribution in [1.82, 2.24) is 4.72 Å². The Morgan fingerprint density at radius 1 is 0.763 bits per heavy atom. The summed E-state index contributed by atoms with van der Waals surface area (Å²) in [5, 5.41) is 15.4. The van der Waals surface area contributed by atoms with Crippen LogP contribution in [0.3, 0.4) is 0 Å². The molecule has 4 aromatic rings. The number of carboxylic acid groups (broad SMARTS) is 1. The van der Waals surface area contributed by atoms with Crippen LogP contribution in [0, 0.1) is 0 Å². The summed E-state index contributed by atoms with van der Waals surface area (Å²) in [6.07, 6.45) is -0.0589. The predicted octanol–water partition coefficient (Wildman–Crippen LogP) is 5.63. The molecular formula is C28H24ClN3O5S. The Bertz CT molecular complexity index is 1540. The summed E-state index contributed by atoms with van der Waals surface area (Å²) in [7, 11) is -4.09. The topological polar surface area (TPSA) is 125 Å². The van der Waals surface area contributed by atoms with Gasteiger partial charge in [-0.3, -0.25) is 4.79 Å². The number of halogens is 1. The van der Waals surface area contributed by atoms with E-state index in [9.17, 15) is 23.1 Å². The highest BCUT2D eigenvalue weighted by molar-refractivity contribution is 7.89. The molecule has 0 bridgehead atoms. The maximum atomic E-state index is 12.7. The molecule has 0 saturated carbocycles. The number of anilines is 2. The lowest BCUT2D eigenvalue weighted by Gasteiger charge is -2.15. The van der Waals surface area contributed by atoms with Crippen molar-refractivity contribution in [2.75, 3.05) is 10.6 Å². The minimum atomic E-state index is -4.09. The molecule has 194 valence electrons. The second-order valence-electron chi connectivity index (χ2n) is 8.40. The number of sulfonamides is 1. The van der Waals surface area contributed by atoms with E-state index in [4.69, 9.17) is 11.6 Å². The second kappa shape index (κ2) is 11.9. The van der Waals surface area contributed by atoms with E-state index in [1.165, 1.54) is 24.3 Å². The molecule has 0 saturated heterocycles. The number of amides is 2. The Hall–Kier alpha value is -4.18. The number of nitrogens with one attached hydrogen (secondary N) is 3. The standard InChI is InChI=1S/C28H24ClN3O5S/c29-22-7-5-11-25(18-22)38(36,37)32-26(27(33)34)16-19-12-14-20(15-13-19)21-6-4-10-24(17-21)31-28(35)30-23-8-2-1-3-9-23/h1-15,17-18,26,32H,16H2,(H,33,34)(H2,30,31,35). The normalized spacial score (nSPS) is 11.9. The first-order chi connectivity index (χ1) is 18.2. The van der Waals surface area contributed by atoms with Crippen LogP contribution in [-0.2, 0) is 21.2 Å². The van der Waals surface area contributed by atoms with Gasteiger partial charge in [-0.05, 0) is 65.6 Å². The summed E-state index contributed by atoms with van der Waals surface area (Å²) >= 11 is 5.88. The van der Waals surface area contributed by atoms with Gasteiger partial charge in [-0.25, -0.2) is 13.2 Å². The number of hydrogen-bond acceptors (Lipinski definition) is 4. The molecule has 0 radical (unpaired) electrons. The Morgan fingerprint density at radius 2 is 1.42 bits per heavy atom. The Labute approximate surface area is 225 Å². The van der Waals surface area contributed by atoms with Crippen LogP contribution in [0.1, 0.15) is 5.56 Å².